The van der Waals surface area contributed by atoms with E-state index < -0.39 is 47.0 Å². The van der Waals surface area contributed by atoms with Crippen molar-refractivity contribution in [3.63, 3.8) is 0 Å². The Morgan fingerprint density at radius 1 is 1.12 bits per heavy atom. The number of fused-ring (bicyclic) bond motifs is 4. The van der Waals surface area contributed by atoms with E-state index in [9.17, 15) is 19.2 Å². The fraction of sp³-hybridized carbons (Fsp3) is 0.360. The second-order valence-electron chi connectivity index (χ2n) is 9.16. The smallest absolute Gasteiger partial charge is 0.250 e. The molecule has 0 aliphatic carbocycles. The second kappa shape index (κ2) is 8.21. The minimum Gasteiger partial charge on any atom is -0.370 e. The number of hydrogen-bond donors (Lipinski definition) is 3. The third-order valence-electron chi connectivity index (χ3n) is 7.11. The van der Waals surface area contributed by atoms with Gasteiger partial charge in [0, 0.05) is 28.7 Å². The molecule has 34 heavy (non-hydrogen) atoms. The highest BCUT2D eigenvalue weighted by Crippen LogP contribution is 2.54. The molecule has 176 valence electrons. The van der Waals surface area contributed by atoms with Crippen molar-refractivity contribution in [1.29, 1.82) is 0 Å². The fourth-order valence-electron chi connectivity index (χ4n) is 5.61. The number of primary amides is 1. The molecule has 8 nitrogen and oxygen atoms in total. The summed E-state index contributed by atoms with van der Waals surface area (Å²) in [5, 5.41) is 6.35. The molecule has 0 radical (unpaired) electrons. The molecule has 3 aliphatic heterocycles. The lowest BCUT2D eigenvalue weighted by atomic mass is 9.76. The number of aryl methyl sites for hydroxylation is 1. The van der Waals surface area contributed by atoms with Crippen LogP contribution in [-0.2, 0) is 31.1 Å². The first kappa shape index (κ1) is 22.6. The summed E-state index contributed by atoms with van der Waals surface area (Å²) in [6.45, 7) is 2.12. The molecule has 4 N–H and O–H groups in total. The summed E-state index contributed by atoms with van der Waals surface area (Å²) >= 11 is 6.23. The van der Waals surface area contributed by atoms with Crippen LogP contribution in [0.25, 0.3) is 0 Å². The number of nitrogens with two attached hydrogens (primary N) is 1. The molecule has 2 aromatic rings. The quantitative estimate of drug-likeness (QED) is 0.548. The summed E-state index contributed by atoms with van der Waals surface area (Å²) in [7, 11) is 0. The SMILES string of the molecule is CCCCc1ccc(N2C(=O)[C@@H]3C(CC(N)=O)NC4(C(=O)Nc5ccc(Cl)cc54)[C@@H]3C2=O)cc1. The number of amides is 4. The van der Waals surface area contributed by atoms with Crippen LogP contribution >= 0.6 is 11.6 Å². The average molecular weight is 481 g/mol. The fourth-order valence-corrected chi connectivity index (χ4v) is 5.78. The zero-order valence-electron chi connectivity index (χ0n) is 18.6. The van der Waals surface area contributed by atoms with Gasteiger partial charge in [0.15, 0.2) is 0 Å². The first-order valence-corrected chi connectivity index (χ1v) is 11.8. The van der Waals surface area contributed by atoms with Gasteiger partial charge >= 0.3 is 0 Å². The van der Waals surface area contributed by atoms with E-state index in [0.29, 0.717) is 22.0 Å². The first-order valence-electron chi connectivity index (χ1n) is 11.4. The van der Waals surface area contributed by atoms with Crippen molar-refractivity contribution < 1.29 is 19.2 Å². The Morgan fingerprint density at radius 2 is 1.85 bits per heavy atom. The summed E-state index contributed by atoms with van der Waals surface area (Å²) in [4.78, 5) is 53.8. The second-order valence-corrected chi connectivity index (χ2v) is 9.60. The van der Waals surface area contributed by atoms with Crippen molar-refractivity contribution in [2.75, 3.05) is 10.2 Å². The molecule has 3 aliphatic rings. The van der Waals surface area contributed by atoms with Gasteiger partial charge < -0.3 is 11.1 Å². The predicted molar refractivity (Wildman–Crippen MR) is 127 cm³/mol. The van der Waals surface area contributed by atoms with E-state index in [2.05, 4.69) is 17.6 Å². The van der Waals surface area contributed by atoms with Crippen LogP contribution in [0.15, 0.2) is 42.5 Å². The monoisotopic (exact) mass is 480 g/mol. The van der Waals surface area contributed by atoms with Crippen LogP contribution in [0.4, 0.5) is 11.4 Å². The lowest BCUT2D eigenvalue weighted by molar-refractivity contribution is -0.130. The molecular formula is C25H25ClN4O4. The van der Waals surface area contributed by atoms with Crippen LogP contribution in [0, 0.1) is 11.8 Å². The van der Waals surface area contributed by atoms with Gasteiger partial charge in [0.05, 0.1) is 17.5 Å². The van der Waals surface area contributed by atoms with Crippen LogP contribution < -0.4 is 21.3 Å². The van der Waals surface area contributed by atoms with E-state index >= 15 is 0 Å². The van der Waals surface area contributed by atoms with Crippen molar-refractivity contribution in [2.45, 2.75) is 44.2 Å². The molecule has 9 heteroatoms. The Bertz CT molecular complexity index is 1210. The van der Waals surface area contributed by atoms with E-state index in [0.717, 1.165) is 29.7 Å². The zero-order valence-corrected chi connectivity index (χ0v) is 19.4. The molecule has 2 aromatic carbocycles. The highest BCUT2D eigenvalue weighted by molar-refractivity contribution is 6.31. The van der Waals surface area contributed by atoms with E-state index in [4.69, 9.17) is 17.3 Å². The number of carbonyl (C=O) groups is 4. The topological polar surface area (TPSA) is 122 Å². The van der Waals surface area contributed by atoms with E-state index in [1.807, 2.05) is 12.1 Å². The lowest BCUT2D eigenvalue weighted by Crippen LogP contribution is -2.53. The third-order valence-corrected chi connectivity index (χ3v) is 7.35. The number of carbonyl (C=O) groups excluding carboxylic acids is 4. The summed E-state index contributed by atoms with van der Waals surface area (Å²) in [6, 6.07) is 11.5. The Kier molecular flexibility index (Phi) is 5.45. The standard InChI is InChI=1S/C25H25ClN4O4/c1-2-3-4-13-5-8-15(9-6-13)30-22(32)20-18(12-19(27)31)29-25(21(20)23(30)33)16-11-14(26)7-10-17(16)28-24(25)34/h5-11,18,20-21,29H,2-4,12H2,1H3,(H2,27,31)(H,28,34)/t18?,20-,21+,25?/m1/s1. The molecule has 0 aromatic heterocycles. The van der Waals surface area contributed by atoms with E-state index in [1.165, 1.54) is 0 Å². The normalized spacial score (nSPS) is 27.3. The minimum absolute atomic E-state index is 0.186. The largest absolute Gasteiger partial charge is 0.370 e. The molecule has 4 atom stereocenters. The van der Waals surface area contributed by atoms with Crippen molar-refractivity contribution >= 4 is 46.6 Å². The average Bonchev–Trinajstić information content (AvgIpc) is 3.37. The molecule has 2 saturated heterocycles. The van der Waals surface area contributed by atoms with Gasteiger partial charge in [-0.05, 0) is 48.7 Å². The van der Waals surface area contributed by atoms with Crippen LogP contribution in [0.2, 0.25) is 5.02 Å². The highest BCUT2D eigenvalue weighted by atomic mass is 35.5. The number of rotatable bonds is 6. The molecule has 0 bridgehead atoms. The Labute approximate surface area is 201 Å². The lowest BCUT2D eigenvalue weighted by Gasteiger charge is -2.29. The number of anilines is 2. The number of nitrogens with zero attached hydrogens (tertiary/aromatic N) is 1. The number of hydrogen-bond acceptors (Lipinski definition) is 5. The van der Waals surface area contributed by atoms with Gasteiger partial charge in [-0.1, -0.05) is 37.1 Å². The van der Waals surface area contributed by atoms with Gasteiger partial charge in [-0.3, -0.25) is 24.5 Å². The van der Waals surface area contributed by atoms with Crippen LogP contribution in [0.1, 0.15) is 37.3 Å². The minimum atomic E-state index is -1.52. The van der Waals surface area contributed by atoms with E-state index in [1.54, 1.807) is 30.3 Å². The maximum Gasteiger partial charge on any atom is 0.250 e. The number of imide groups is 1. The summed E-state index contributed by atoms with van der Waals surface area (Å²) in [5.41, 5.74) is 6.52. The third kappa shape index (κ3) is 3.24. The van der Waals surface area contributed by atoms with Gasteiger partial charge in [-0.15, -0.1) is 0 Å². The zero-order chi connectivity index (χ0) is 24.2. The molecular weight excluding hydrogens is 456 g/mol. The van der Waals surface area contributed by atoms with Crippen molar-refractivity contribution in [2.24, 2.45) is 17.6 Å². The van der Waals surface area contributed by atoms with Gasteiger partial charge in [0.25, 0.3) is 0 Å². The van der Waals surface area contributed by atoms with Gasteiger partial charge in [-0.25, -0.2) is 4.90 Å². The Hall–Kier alpha value is -3.23. The summed E-state index contributed by atoms with van der Waals surface area (Å²) < 4.78 is 0. The maximum atomic E-state index is 13.8. The highest BCUT2D eigenvalue weighted by Gasteiger charge is 2.70. The predicted octanol–water partition coefficient (Wildman–Crippen LogP) is 2.48. The van der Waals surface area contributed by atoms with Gasteiger partial charge in [-0.2, -0.15) is 0 Å². The summed E-state index contributed by atoms with van der Waals surface area (Å²) in [5.74, 6) is -3.98. The van der Waals surface area contributed by atoms with Crippen molar-refractivity contribution in [3.05, 3.63) is 58.6 Å². The molecule has 2 unspecified atom stereocenters. The number of unbranched alkanes of at least 4 members (excludes halogenated alkanes) is 1. The molecule has 0 saturated carbocycles. The van der Waals surface area contributed by atoms with Crippen LogP contribution in [0.3, 0.4) is 0 Å². The number of benzene rings is 2. The molecule has 3 heterocycles. The van der Waals surface area contributed by atoms with Gasteiger partial charge in [0.2, 0.25) is 23.6 Å². The van der Waals surface area contributed by atoms with Crippen LogP contribution in [0.5, 0.6) is 0 Å². The van der Waals surface area contributed by atoms with E-state index in [-0.39, 0.29) is 6.42 Å². The number of halogens is 1. The summed E-state index contributed by atoms with van der Waals surface area (Å²) in [6.07, 6.45) is 2.84. The van der Waals surface area contributed by atoms with Crippen molar-refractivity contribution in [3.8, 4) is 0 Å². The van der Waals surface area contributed by atoms with Crippen LogP contribution in [-0.4, -0.2) is 29.7 Å². The molecule has 5 rings (SSSR count). The Morgan fingerprint density at radius 3 is 2.53 bits per heavy atom. The van der Waals surface area contributed by atoms with Gasteiger partial charge in [0.1, 0.15) is 5.54 Å². The first-order chi connectivity index (χ1) is 16.3. The maximum absolute atomic E-state index is 13.8. The molecule has 1 spiro atoms. The number of nitrogens with one attached hydrogen (secondary N) is 2. The molecule has 4 amide bonds. The molecule has 2 fully saturated rings. The Balaban J connectivity index is 1.59. The van der Waals surface area contributed by atoms with Crippen molar-refractivity contribution in [1.82, 2.24) is 5.32 Å².